The summed E-state index contributed by atoms with van der Waals surface area (Å²) in [6, 6.07) is 17.9. The summed E-state index contributed by atoms with van der Waals surface area (Å²) in [6.45, 7) is 2.50. The lowest BCUT2D eigenvalue weighted by Gasteiger charge is -2.18. The summed E-state index contributed by atoms with van der Waals surface area (Å²) in [4.78, 5) is 20.7. The zero-order chi connectivity index (χ0) is 20.2. The summed E-state index contributed by atoms with van der Waals surface area (Å²) < 4.78 is 6.51. The molecule has 0 fully saturated rings. The van der Waals surface area contributed by atoms with Gasteiger partial charge in [0, 0.05) is 11.0 Å². The maximum Gasteiger partial charge on any atom is 0.253 e. The van der Waals surface area contributed by atoms with Crippen molar-refractivity contribution in [2.24, 2.45) is 0 Å². The molecular formula is C23H20N2O2S2. The monoisotopic (exact) mass is 420 g/mol. The quantitative estimate of drug-likeness (QED) is 0.364. The normalized spacial score (nSPS) is 11.2. The van der Waals surface area contributed by atoms with Crippen molar-refractivity contribution < 1.29 is 9.53 Å². The molecule has 0 saturated heterocycles. The van der Waals surface area contributed by atoms with Gasteiger partial charge in [-0.15, -0.1) is 11.3 Å². The molecular weight excluding hydrogens is 400 g/mol. The van der Waals surface area contributed by atoms with E-state index in [1.54, 1.807) is 29.4 Å². The van der Waals surface area contributed by atoms with Crippen LogP contribution in [-0.2, 0) is 11.3 Å². The third-order valence-corrected chi connectivity index (χ3v) is 6.58. The molecule has 2 aromatic heterocycles. The number of hydrogen-bond donors (Lipinski definition) is 0. The molecule has 0 atom stereocenters. The first-order chi connectivity index (χ1) is 14.2. The van der Waals surface area contributed by atoms with E-state index in [0.29, 0.717) is 17.4 Å². The van der Waals surface area contributed by atoms with Crippen molar-refractivity contribution in [2.75, 3.05) is 12.0 Å². The lowest BCUT2D eigenvalue weighted by Crippen LogP contribution is -2.28. The molecule has 29 heavy (non-hydrogen) atoms. The second-order valence-corrected chi connectivity index (χ2v) is 8.47. The van der Waals surface area contributed by atoms with Crippen molar-refractivity contribution in [2.45, 2.75) is 13.5 Å². The molecule has 0 aliphatic rings. The van der Waals surface area contributed by atoms with Crippen molar-refractivity contribution in [1.29, 1.82) is 0 Å². The largest absolute Gasteiger partial charge is 0.494 e. The van der Waals surface area contributed by atoms with Gasteiger partial charge in [-0.25, -0.2) is 4.98 Å². The first-order valence-electron chi connectivity index (χ1n) is 9.17. The third kappa shape index (κ3) is 4.23. The summed E-state index contributed by atoms with van der Waals surface area (Å²) in [5, 5.41) is 2.66. The Hall–Kier alpha value is -2.96. The molecule has 0 spiro atoms. The maximum atomic E-state index is 13.1. The van der Waals surface area contributed by atoms with Crippen LogP contribution >= 0.6 is 22.7 Å². The molecule has 2 heterocycles. The number of methoxy groups -OCH3 is 1. The van der Waals surface area contributed by atoms with Gasteiger partial charge >= 0.3 is 0 Å². The minimum absolute atomic E-state index is 0.0991. The summed E-state index contributed by atoms with van der Waals surface area (Å²) in [5.41, 5.74) is 2.96. The van der Waals surface area contributed by atoms with Gasteiger partial charge in [0.1, 0.15) is 11.3 Å². The van der Waals surface area contributed by atoms with Gasteiger partial charge in [0.25, 0.3) is 5.91 Å². The highest BCUT2D eigenvalue weighted by Gasteiger charge is 2.20. The molecule has 0 bridgehead atoms. The van der Waals surface area contributed by atoms with Crippen LogP contribution in [-0.4, -0.2) is 18.0 Å². The fraction of sp³-hybridized carbons (Fsp3) is 0.130. The lowest BCUT2D eigenvalue weighted by atomic mass is 10.2. The van der Waals surface area contributed by atoms with Gasteiger partial charge in [0.05, 0.1) is 18.4 Å². The van der Waals surface area contributed by atoms with E-state index >= 15 is 0 Å². The number of thiophene rings is 1. The molecule has 0 unspecified atom stereocenters. The van der Waals surface area contributed by atoms with Crippen molar-refractivity contribution >= 4 is 50.0 Å². The molecule has 6 heteroatoms. The number of benzene rings is 2. The van der Waals surface area contributed by atoms with E-state index in [0.717, 1.165) is 26.2 Å². The highest BCUT2D eigenvalue weighted by atomic mass is 32.1. The Kier molecular flexibility index (Phi) is 5.74. The number of carbonyl (C=O) groups is 1. The van der Waals surface area contributed by atoms with Crippen LogP contribution in [0, 0.1) is 6.92 Å². The van der Waals surface area contributed by atoms with Gasteiger partial charge in [-0.1, -0.05) is 53.8 Å². The highest BCUT2D eigenvalue weighted by Crippen LogP contribution is 2.37. The predicted molar refractivity (Wildman–Crippen MR) is 122 cm³/mol. The van der Waals surface area contributed by atoms with E-state index in [9.17, 15) is 4.79 Å². The number of nitrogens with zero attached hydrogens (tertiary/aromatic N) is 2. The lowest BCUT2D eigenvalue weighted by molar-refractivity contribution is -0.114. The molecule has 0 aliphatic carbocycles. The van der Waals surface area contributed by atoms with E-state index in [1.165, 1.54) is 11.3 Å². The van der Waals surface area contributed by atoms with Crippen LogP contribution in [0.25, 0.3) is 16.3 Å². The summed E-state index contributed by atoms with van der Waals surface area (Å²) >= 11 is 3.12. The number of fused-ring (bicyclic) bond motifs is 1. The predicted octanol–water partition coefficient (Wildman–Crippen LogP) is 5.92. The fourth-order valence-corrected chi connectivity index (χ4v) is 4.69. The molecule has 0 saturated carbocycles. The van der Waals surface area contributed by atoms with Crippen molar-refractivity contribution in [3.05, 3.63) is 82.1 Å². The minimum atomic E-state index is -0.0991. The second kappa shape index (κ2) is 8.59. The Labute approximate surface area is 177 Å². The Morgan fingerprint density at radius 1 is 1.14 bits per heavy atom. The van der Waals surface area contributed by atoms with Crippen molar-refractivity contribution in [3.8, 4) is 5.75 Å². The van der Waals surface area contributed by atoms with E-state index in [1.807, 2.05) is 73.0 Å². The SMILES string of the molecule is COc1ccc(C)c2sc(N(Cc3ccccc3)C(=O)/C=C/c3cccs3)nc12. The van der Waals surface area contributed by atoms with Gasteiger partial charge in [-0.3, -0.25) is 9.69 Å². The van der Waals surface area contributed by atoms with Crippen LogP contribution in [0.3, 0.4) is 0 Å². The van der Waals surface area contributed by atoms with Crippen LogP contribution in [0.4, 0.5) is 5.13 Å². The zero-order valence-electron chi connectivity index (χ0n) is 16.2. The minimum Gasteiger partial charge on any atom is -0.494 e. The van der Waals surface area contributed by atoms with Crippen LogP contribution < -0.4 is 9.64 Å². The average molecular weight is 421 g/mol. The van der Waals surface area contributed by atoms with Crippen molar-refractivity contribution in [1.82, 2.24) is 4.98 Å². The third-order valence-electron chi connectivity index (χ3n) is 4.53. The number of aryl methyl sites for hydroxylation is 1. The summed E-state index contributed by atoms with van der Waals surface area (Å²) in [7, 11) is 1.64. The number of ether oxygens (including phenoxy) is 1. The molecule has 4 aromatic rings. The first-order valence-corrected chi connectivity index (χ1v) is 10.9. The molecule has 0 N–H and O–H groups in total. The van der Waals surface area contributed by atoms with Crippen LogP contribution in [0.5, 0.6) is 5.75 Å². The van der Waals surface area contributed by atoms with Crippen molar-refractivity contribution in [3.63, 3.8) is 0 Å². The summed E-state index contributed by atoms with van der Waals surface area (Å²) in [6.07, 6.45) is 3.47. The van der Waals surface area contributed by atoms with Gasteiger partial charge in [0.15, 0.2) is 5.13 Å². The number of thiazole rings is 1. The van der Waals surface area contributed by atoms with E-state index in [4.69, 9.17) is 9.72 Å². The molecule has 0 radical (unpaired) electrons. The zero-order valence-corrected chi connectivity index (χ0v) is 17.8. The number of amides is 1. The van der Waals surface area contributed by atoms with Crippen LogP contribution in [0.1, 0.15) is 16.0 Å². The Morgan fingerprint density at radius 3 is 2.69 bits per heavy atom. The topological polar surface area (TPSA) is 42.4 Å². The molecule has 2 aromatic carbocycles. The first kappa shape index (κ1) is 19.4. The Bertz CT molecular complexity index is 1150. The van der Waals surface area contributed by atoms with E-state index < -0.39 is 0 Å². The number of anilines is 1. The fourth-order valence-electron chi connectivity index (χ4n) is 3.01. The second-order valence-electron chi connectivity index (χ2n) is 6.52. The maximum absolute atomic E-state index is 13.1. The van der Waals surface area contributed by atoms with Gasteiger partial charge in [-0.2, -0.15) is 0 Å². The molecule has 1 amide bonds. The number of rotatable bonds is 6. The number of aromatic nitrogens is 1. The molecule has 0 aliphatic heterocycles. The van der Waals surface area contributed by atoms with Gasteiger partial charge in [0.2, 0.25) is 0 Å². The van der Waals surface area contributed by atoms with Gasteiger partial charge in [-0.05, 0) is 41.6 Å². The standard InChI is InChI=1S/C23H20N2O2S2/c1-16-10-12-19(27-2)21-22(16)29-23(24-21)25(15-17-7-4-3-5-8-17)20(26)13-11-18-9-6-14-28-18/h3-14H,15H2,1-2H3/b13-11+. The number of hydrogen-bond acceptors (Lipinski definition) is 5. The molecule has 146 valence electrons. The van der Waals surface area contributed by atoms with E-state index in [-0.39, 0.29) is 5.91 Å². The average Bonchev–Trinajstić information content (AvgIpc) is 3.42. The number of carbonyl (C=O) groups excluding carboxylic acids is 1. The smallest absolute Gasteiger partial charge is 0.253 e. The highest BCUT2D eigenvalue weighted by molar-refractivity contribution is 7.22. The van der Waals surface area contributed by atoms with Gasteiger partial charge < -0.3 is 4.74 Å². The molecule has 4 nitrogen and oxygen atoms in total. The van der Waals surface area contributed by atoms with E-state index in [2.05, 4.69) is 0 Å². The Morgan fingerprint density at radius 2 is 1.97 bits per heavy atom. The van der Waals surface area contributed by atoms with Crippen LogP contribution in [0.2, 0.25) is 0 Å². The Balaban J connectivity index is 1.74. The summed E-state index contributed by atoms with van der Waals surface area (Å²) in [5.74, 6) is 0.618. The van der Waals surface area contributed by atoms with Crippen LogP contribution in [0.15, 0.2) is 66.1 Å². The molecule has 4 rings (SSSR count).